The third-order valence-electron chi connectivity index (χ3n) is 4.92. The van der Waals surface area contributed by atoms with E-state index in [4.69, 9.17) is 0 Å². The Morgan fingerprint density at radius 2 is 1.61 bits per heavy atom. The molecule has 0 aliphatic heterocycles. The van der Waals surface area contributed by atoms with E-state index in [-0.39, 0.29) is 11.9 Å². The van der Waals surface area contributed by atoms with Crippen molar-refractivity contribution in [1.29, 1.82) is 0 Å². The number of hydrogen-bond acceptors (Lipinski definition) is 2. The van der Waals surface area contributed by atoms with E-state index < -0.39 is 0 Å². The van der Waals surface area contributed by atoms with Gasteiger partial charge in [0.1, 0.15) is 5.82 Å². The van der Waals surface area contributed by atoms with Gasteiger partial charge in [-0.25, -0.2) is 4.98 Å². The van der Waals surface area contributed by atoms with Gasteiger partial charge in [0.05, 0.1) is 17.1 Å². The molecule has 1 heterocycles. The highest BCUT2D eigenvalue weighted by Gasteiger charge is 2.11. The molecule has 0 saturated carbocycles. The number of aromatic amines is 1. The molecule has 4 aromatic rings. The van der Waals surface area contributed by atoms with Crippen molar-refractivity contribution in [3.05, 3.63) is 90.3 Å². The third kappa shape index (κ3) is 4.12. The zero-order valence-electron chi connectivity index (χ0n) is 15.9. The Morgan fingerprint density at radius 1 is 0.929 bits per heavy atom. The highest BCUT2D eigenvalue weighted by molar-refractivity contribution is 5.77. The first-order chi connectivity index (χ1) is 13.7. The third-order valence-corrected chi connectivity index (χ3v) is 4.92. The number of hydrogen-bond donors (Lipinski definition) is 2. The number of amides is 1. The van der Waals surface area contributed by atoms with Crippen LogP contribution >= 0.6 is 0 Å². The number of H-pyrrole nitrogens is 1. The maximum Gasteiger partial charge on any atom is 0.220 e. The molecule has 0 aliphatic rings. The van der Waals surface area contributed by atoms with E-state index in [9.17, 15) is 4.79 Å². The van der Waals surface area contributed by atoms with Crippen LogP contribution in [0.15, 0.2) is 78.9 Å². The maximum absolute atomic E-state index is 12.4. The van der Waals surface area contributed by atoms with Crippen molar-refractivity contribution in [2.24, 2.45) is 0 Å². The normalized spacial score (nSPS) is 12.0. The minimum atomic E-state index is -0.0343. The summed E-state index contributed by atoms with van der Waals surface area (Å²) in [6.45, 7) is 2.01. The molecule has 1 atom stereocenters. The first kappa shape index (κ1) is 18.0. The van der Waals surface area contributed by atoms with Gasteiger partial charge in [0.2, 0.25) is 5.91 Å². The van der Waals surface area contributed by atoms with Crippen LogP contribution in [-0.2, 0) is 11.2 Å². The van der Waals surface area contributed by atoms with Crippen molar-refractivity contribution >= 4 is 16.9 Å². The molecule has 28 heavy (non-hydrogen) atoms. The number of aryl methyl sites for hydroxylation is 1. The first-order valence-corrected chi connectivity index (χ1v) is 9.57. The lowest BCUT2D eigenvalue weighted by Gasteiger charge is -2.15. The van der Waals surface area contributed by atoms with E-state index in [0.717, 1.165) is 22.4 Å². The molecule has 140 valence electrons. The Morgan fingerprint density at radius 3 is 2.36 bits per heavy atom. The van der Waals surface area contributed by atoms with Crippen molar-refractivity contribution in [1.82, 2.24) is 15.3 Å². The molecule has 1 amide bonds. The summed E-state index contributed by atoms with van der Waals surface area (Å²) >= 11 is 0. The van der Waals surface area contributed by atoms with E-state index in [1.165, 1.54) is 11.1 Å². The quantitative estimate of drug-likeness (QED) is 0.500. The number of nitrogens with one attached hydrogen (secondary N) is 2. The largest absolute Gasteiger partial charge is 0.350 e. The lowest BCUT2D eigenvalue weighted by atomic mass is 10.0. The van der Waals surface area contributed by atoms with Gasteiger partial charge < -0.3 is 10.3 Å². The van der Waals surface area contributed by atoms with Gasteiger partial charge in [0.15, 0.2) is 0 Å². The first-order valence-electron chi connectivity index (χ1n) is 9.57. The lowest BCUT2D eigenvalue weighted by molar-refractivity contribution is -0.121. The molecule has 1 unspecified atom stereocenters. The fourth-order valence-electron chi connectivity index (χ4n) is 3.35. The predicted molar refractivity (Wildman–Crippen MR) is 113 cm³/mol. The van der Waals surface area contributed by atoms with Crippen molar-refractivity contribution in [2.45, 2.75) is 25.8 Å². The summed E-state index contributed by atoms with van der Waals surface area (Å²) in [4.78, 5) is 20.1. The van der Waals surface area contributed by atoms with Crippen LogP contribution in [-0.4, -0.2) is 15.9 Å². The summed E-state index contributed by atoms with van der Waals surface area (Å²) in [7, 11) is 0. The van der Waals surface area contributed by atoms with Crippen LogP contribution in [0.25, 0.3) is 22.2 Å². The van der Waals surface area contributed by atoms with E-state index in [0.29, 0.717) is 12.8 Å². The average molecular weight is 369 g/mol. The van der Waals surface area contributed by atoms with Crippen LogP contribution in [0.5, 0.6) is 0 Å². The Hall–Kier alpha value is -3.40. The van der Waals surface area contributed by atoms with Crippen LogP contribution in [0.2, 0.25) is 0 Å². The van der Waals surface area contributed by atoms with E-state index in [1.54, 1.807) is 0 Å². The zero-order valence-corrected chi connectivity index (χ0v) is 15.9. The van der Waals surface area contributed by atoms with Crippen LogP contribution in [0, 0.1) is 0 Å². The number of benzene rings is 3. The van der Waals surface area contributed by atoms with E-state index in [2.05, 4.69) is 51.7 Å². The van der Waals surface area contributed by atoms with Crippen molar-refractivity contribution in [3.8, 4) is 11.1 Å². The van der Waals surface area contributed by atoms with Gasteiger partial charge in [0.25, 0.3) is 0 Å². The van der Waals surface area contributed by atoms with Gasteiger partial charge in [-0.1, -0.05) is 66.7 Å². The standard InChI is InChI=1S/C24H23N3O/c1-17(18-11-13-20(14-12-18)19-7-3-2-4-8-19)25-24(28)16-15-23-26-21-9-5-6-10-22(21)27-23/h2-14,17H,15-16H2,1H3,(H,25,28)(H,26,27). The fourth-order valence-corrected chi connectivity index (χ4v) is 3.35. The van der Waals surface area contributed by atoms with Crippen LogP contribution < -0.4 is 5.32 Å². The molecule has 4 rings (SSSR count). The van der Waals surface area contributed by atoms with Crippen molar-refractivity contribution in [2.75, 3.05) is 0 Å². The summed E-state index contributed by atoms with van der Waals surface area (Å²) in [6.07, 6.45) is 1.01. The summed E-state index contributed by atoms with van der Waals surface area (Å²) < 4.78 is 0. The minimum Gasteiger partial charge on any atom is -0.350 e. The number of aromatic nitrogens is 2. The highest BCUT2D eigenvalue weighted by atomic mass is 16.1. The number of rotatable bonds is 6. The van der Waals surface area contributed by atoms with Gasteiger partial charge in [-0.3, -0.25) is 4.79 Å². The molecular formula is C24H23N3O. The zero-order chi connectivity index (χ0) is 19.3. The Bertz CT molecular complexity index is 1030. The molecule has 4 nitrogen and oxygen atoms in total. The number of carbonyl (C=O) groups is 1. The molecule has 0 aliphatic carbocycles. The molecule has 0 saturated heterocycles. The van der Waals surface area contributed by atoms with Gasteiger partial charge in [-0.15, -0.1) is 0 Å². The number of carbonyl (C=O) groups excluding carboxylic acids is 1. The van der Waals surface area contributed by atoms with Gasteiger partial charge in [0, 0.05) is 12.8 Å². The molecule has 0 spiro atoms. The molecule has 3 aromatic carbocycles. The van der Waals surface area contributed by atoms with E-state index in [1.807, 2.05) is 49.4 Å². The number of imidazole rings is 1. The lowest BCUT2D eigenvalue weighted by Crippen LogP contribution is -2.26. The molecule has 2 N–H and O–H groups in total. The van der Waals surface area contributed by atoms with Crippen LogP contribution in [0.3, 0.4) is 0 Å². The summed E-state index contributed by atoms with van der Waals surface area (Å²) in [5.41, 5.74) is 5.40. The summed E-state index contributed by atoms with van der Waals surface area (Å²) in [6, 6.07) is 26.5. The number of fused-ring (bicyclic) bond motifs is 1. The van der Waals surface area contributed by atoms with Gasteiger partial charge in [-0.05, 0) is 35.7 Å². The number of para-hydroxylation sites is 2. The molecule has 0 fully saturated rings. The van der Waals surface area contributed by atoms with E-state index >= 15 is 0 Å². The monoisotopic (exact) mass is 369 g/mol. The van der Waals surface area contributed by atoms with Crippen LogP contribution in [0.1, 0.15) is 30.8 Å². The SMILES string of the molecule is CC(NC(=O)CCc1nc2ccccc2[nH]1)c1ccc(-c2ccccc2)cc1. The summed E-state index contributed by atoms with van der Waals surface area (Å²) in [5.74, 6) is 0.872. The minimum absolute atomic E-state index is 0.0279. The second-order valence-corrected chi connectivity index (χ2v) is 6.98. The molecule has 1 aromatic heterocycles. The summed E-state index contributed by atoms with van der Waals surface area (Å²) in [5, 5.41) is 3.08. The smallest absolute Gasteiger partial charge is 0.220 e. The highest BCUT2D eigenvalue weighted by Crippen LogP contribution is 2.22. The Kier molecular flexibility index (Phi) is 5.20. The topological polar surface area (TPSA) is 57.8 Å². The van der Waals surface area contributed by atoms with Crippen molar-refractivity contribution < 1.29 is 4.79 Å². The fraction of sp³-hybridized carbons (Fsp3) is 0.167. The van der Waals surface area contributed by atoms with Crippen molar-refractivity contribution in [3.63, 3.8) is 0 Å². The molecular weight excluding hydrogens is 346 g/mol. The molecule has 0 radical (unpaired) electrons. The van der Waals surface area contributed by atoms with Gasteiger partial charge >= 0.3 is 0 Å². The Labute approximate surface area is 164 Å². The average Bonchev–Trinajstić information content (AvgIpc) is 3.16. The molecule has 0 bridgehead atoms. The van der Waals surface area contributed by atoms with Gasteiger partial charge in [-0.2, -0.15) is 0 Å². The second-order valence-electron chi connectivity index (χ2n) is 6.98. The van der Waals surface area contributed by atoms with Crippen LogP contribution in [0.4, 0.5) is 0 Å². The predicted octanol–water partition coefficient (Wildman–Crippen LogP) is 5.04. The molecule has 4 heteroatoms. The maximum atomic E-state index is 12.4. The Balaban J connectivity index is 1.33. The second kappa shape index (κ2) is 8.09. The number of nitrogens with zero attached hydrogens (tertiary/aromatic N) is 1.